The molecule has 3 aromatic heterocycles. The van der Waals surface area contributed by atoms with Crippen LogP contribution in [0.3, 0.4) is 0 Å². The van der Waals surface area contributed by atoms with Gasteiger partial charge in [-0.15, -0.1) is 11.3 Å². The topological polar surface area (TPSA) is 107 Å². The molecular weight excluding hydrogens is 304 g/mol. The van der Waals surface area contributed by atoms with Crippen LogP contribution in [0.5, 0.6) is 0 Å². The first-order valence-electron chi connectivity index (χ1n) is 5.50. The Hall–Kier alpha value is -1.78. The van der Waals surface area contributed by atoms with Gasteiger partial charge in [-0.1, -0.05) is 0 Å². The van der Waals surface area contributed by atoms with E-state index >= 15 is 0 Å². The summed E-state index contributed by atoms with van der Waals surface area (Å²) in [4.78, 5) is 16.2. The molecule has 0 saturated carbocycles. The highest BCUT2D eigenvalue weighted by molar-refractivity contribution is 7.92. The lowest BCUT2D eigenvalue weighted by atomic mass is 10.4. The summed E-state index contributed by atoms with van der Waals surface area (Å²) in [6.07, 6.45) is 2.52. The van der Waals surface area contributed by atoms with Crippen molar-refractivity contribution < 1.29 is 13.5 Å². The summed E-state index contributed by atoms with van der Waals surface area (Å²) >= 11 is 1.01. The zero-order valence-electron chi connectivity index (χ0n) is 10.6. The van der Waals surface area contributed by atoms with E-state index in [0.29, 0.717) is 21.3 Å². The predicted octanol–water partition coefficient (Wildman–Crippen LogP) is -0.302. The van der Waals surface area contributed by atoms with E-state index in [1.54, 1.807) is 7.05 Å². The Balaban J connectivity index is 2.49. The summed E-state index contributed by atoms with van der Waals surface area (Å²) in [7, 11) is -1.77. The van der Waals surface area contributed by atoms with Gasteiger partial charge in [-0.3, -0.25) is 4.79 Å². The average Bonchev–Trinajstić information content (AvgIpc) is 2.90. The lowest BCUT2D eigenvalue weighted by Gasteiger charge is -2.00. The largest absolute Gasteiger partial charge is 0.374 e. The molecule has 0 aliphatic carbocycles. The van der Waals surface area contributed by atoms with Crippen molar-refractivity contribution in [2.75, 3.05) is 6.26 Å². The van der Waals surface area contributed by atoms with Crippen LogP contribution < -0.4 is 5.56 Å². The molecule has 0 atom stereocenters. The van der Waals surface area contributed by atoms with Crippen LogP contribution in [0.1, 0.15) is 0 Å². The van der Waals surface area contributed by atoms with Crippen LogP contribution in [-0.4, -0.2) is 39.1 Å². The molecule has 0 amide bonds. The fourth-order valence-electron chi connectivity index (χ4n) is 2.03. The van der Waals surface area contributed by atoms with Gasteiger partial charge in [0, 0.05) is 18.7 Å². The standard InChI is InChI=1S/C10H10N4O4S2/c1-13-6-5(3-11-14(4-15)9(6)16)7-8(13)12-10(19-7)20(2,17)18/h3,15H,4H2,1-2H3. The molecule has 10 heteroatoms. The lowest BCUT2D eigenvalue weighted by Crippen LogP contribution is -2.23. The number of aromatic nitrogens is 4. The molecule has 3 rings (SSSR count). The van der Waals surface area contributed by atoms with E-state index in [1.165, 1.54) is 10.8 Å². The fraction of sp³-hybridized carbons (Fsp3) is 0.300. The number of aliphatic hydroxyl groups is 1. The number of hydrogen-bond donors (Lipinski definition) is 1. The quantitative estimate of drug-likeness (QED) is 0.696. The van der Waals surface area contributed by atoms with Gasteiger partial charge in [0.05, 0.1) is 10.9 Å². The van der Waals surface area contributed by atoms with Gasteiger partial charge in [0.2, 0.25) is 14.2 Å². The minimum atomic E-state index is -3.39. The maximum atomic E-state index is 12.1. The molecule has 0 aliphatic heterocycles. The summed E-state index contributed by atoms with van der Waals surface area (Å²) < 4.78 is 26.1. The number of fused-ring (bicyclic) bond motifs is 3. The van der Waals surface area contributed by atoms with Crippen LogP contribution >= 0.6 is 11.3 Å². The Morgan fingerprint density at radius 1 is 1.45 bits per heavy atom. The summed E-state index contributed by atoms with van der Waals surface area (Å²) in [6, 6.07) is 0. The molecule has 1 N–H and O–H groups in total. The zero-order chi connectivity index (χ0) is 14.7. The van der Waals surface area contributed by atoms with E-state index in [-0.39, 0.29) is 4.34 Å². The third kappa shape index (κ3) is 1.69. The first-order chi connectivity index (χ1) is 9.34. The number of nitrogens with zero attached hydrogens (tertiary/aromatic N) is 4. The van der Waals surface area contributed by atoms with Crippen molar-refractivity contribution in [3.8, 4) is 0 Å². The molecule has 8 nitrogen and oxygen atoms in total. The second-order valence-corrected chi connectivity index (χ2v) is 7.51. The molecule has 3 aromatic rings. The van der Waals surface area contributed by atoms with Crippen LogP contribution in [0.15, 0.2) is 15.3 Å². The van der Waals surface area contributed by atoms with Gasteiger partial charge < -0.3 is 9.67 Å². The normalized spacial score (nSPS) is 12.6. The van der Waals surface area contributed by atoms with E-state index in [1.807, 2.05) is 0 Å². The molecule has 0 saturated heterocycles. The van der Waals surface area contributed by atoms with E-state index in [4.69, 9.17) is 5.11 Å². The van der Waals surface area contributed by atoms with Crippen molar-refractivity contribution in [3.05, 3.63) is 16.6 Å². The van der Waals surface area contributed by atoms with Crippen molar-refractivity contribution in [2.24, 2.45) is 7.05 Å². The number of rotatable bonds is 2. The van der Waals surface area contributed by atoms with Crippen molar-refractivity contribution in [2.45, 2.75) is 11.1 Å². The Bertz CT molecular complexity index is 996. The van der Waals surface area contributed by atoms with Crippen molar-refractivity contribution in [1.29, 1.82) is 0 Å². The number of aliphatic hydroxyl groups excluding tert-OH is 1. The number of sulfone groups is 1. The monoisotopic (exact) mass is 314 g/mol. The molecule has 20 heavy (non-hydrogen) atoms. The molecule has 3 heterocycles. The molecule has 0 radical (unpaired) electrons. The van der Waals surface area contributed by atoms with Gasteiger partial charge in [0.1, 0.15) is 12.2 Å². The van der Waals surface area contributed by atoms with E-state index < -0.39 is 22.1 Å². The van der Waals surface area contributed by atoms with Crippen molar-refractivity contribution in [1.82, 2.24) is 19.3 Å². The van der Waals surface area contributed by atoms with E-state index in [0.717, 1.165) is 22.3 Å². The van der Waals surface area contributed by atoms with Crippen LogP contribution in [0, 0.1) is 0 Å². The Kier molecular flexibility index (Phi) is 2.71. The Morgan fingerprint density at radius 3 is 2.75 bits per heavy atom. The highest BCUT2D eigenvalue weighted by Crippen LogP contribution is 2.32. The molecule has 0 fully saturated rings. The third-order valence-electron chi connectivity index (χ3n) is 2.96. The van der Waals surface area contributed by atoms with Gasteiger partial charge in [-0.25, -0.2) is 18.1 Å². The molecule has 106 valence electrons. The third-order valence-corrected chi connectivity index (χ3v) is 5.71. The van der Waals surface area contributed by atoms with Crippen LogP contribution in [0.2, 0.25) is 0 Å². The highest BCUT2D eigenvalue weighted by atomic mass is 32.2. The summed E-state index contributed by atoms with van der Waals surface area (Å²) in [5.41, 5.74) is 0.307. The van der Waals surface area contributed by atoms with E-state index in [2.05, 4.69) is 10.1 Å². The minimum absolute atomic E-state index is 0.00587. The molecular formula is C10H10N4O4S2. The molecule has 0 unspecified atom stereocenters. The van der Waals surface area contributed by atoms with Crippen LogP contribution in [-0.2, 0) is 23.6 Å². The van der Waals surface area contributed by atoms with Crippen LogP contribution in [0.4, 0.5) is 0 Å². The maximum absolute atomic E-state index is 12.1. The summed E-state index contributed by atoms with van der Waals surface area (Å²) in [6.45, 7) is -0.518. The fourth-order valence-corrected chi connectivity index (χ4v) is 3.98. The van der Waals surface area contributed by atoms with Crippen LogP contribution in [0.25, 0.3) is 21.3 Å². The van der Waals surface area contributed by atoms with Crippen molar-refractivity contribution in [3.63, 3.8) is 0 Å². The number of aryl methyl sites for hydroxylation is 1. The first kappa shape index (κ1) is 13.2. The van der Waals surface area contributed by atoms with E-state index in [9.17, 15) is 13.2 Å². The molecule has 0 bridgehead atoms. The first-order valence-corrected chi connectivity index (χ1v) is 8.21. The number of thiazole rings is 1. The zero-order valence-corrected chi connectivity index (χ0v) is 12.2. The minimum Gasteiger partial charge on any atom is -0.374 e. The van der Waals surface area contributed by atoms with Gasteiger partial charge in [0.25, 0.3) is 5.56 Å². The second-order valence-electron chi connectivity index (χ2n) is 4.32. The summed E-state index contributed by atoms with van der Waals surface area (Å²) in [5, 5.41) is 13.4. The SMILES string of the molecule is Cn1c2nc(S(C)(=O)=O)sc2c2cnn(CO)c(=O)c21. The van der Waals surface area contributed by atoms with Gasteiger partial charge >= 0.3 is 0 Å². The molecule has 0 aliphatic rings. The lowest BCUT2D eigenvalue weighted by molar-refractivity contribution is 0.189. The number of hydrogen-bond acceptors (Lipinski definition) is 7. The smallest absolute Gasteiger partial charge is 0.293 e. The Labute approximate surface area is 116 Å². The van der Waals surface area contributed by atoms with Gasteiger partial charge in [0.15, 0.2) is 5.65 Å². The second kappa shape index (κ2) is 4.11. The van der Waals surface area contributed by atoms with Gasteiger partial charge in [-0.05, 0) is 0 Å². The highest BCUT2D eigenvalue weighted by Gasteiger charge is 2.21. The predicted molar refractivity (Wildman–Crippen MR) is 73.5 cm³/mol. The Morgan fingerprint density at radius 2 is 2.15 bits per heavy atom. The molecule has 0 aromatic carbocycles. The van der Waals surface area contributed by atoms with Gasteiger partial charge in [-0.2, -0.15) is 5.10 Å². The molecule has 0 spiro atoms. The average molecular weight is 314 g/mol. The maximum Gasteiger partial charge on any atom is 0.293 e. The summed E-state index contributed by atoms with van der Waals surface area (Å²) in [5.74, 6) is 0. The van der Waals surface area contributed by atoms with Crippen molar-refractivity contribution >= 4 is 42.4 Å².